The Morgan fingerprint density at radius 2 is 1.97 bits per heavy atom. The molecule has 0 saturated heterocycles. The lowest BCUT2D eigenvalue weighted by molar-refractivity contribution is -0.118. The Morgan fingerprint density at radius 1 is 1.13 bits per heavy atom. The molecule has 0 atom stereocenters. The van der Waals surface area contributed by atoms with Crippen LogP contribution in [0.2, 0.25) is 0 Å². The summed E-state index contributed by atoms with van der Waals surface area (Å²) in [5.41, 5.74) is 2.10. The number of anilines is 1. The molecule has 2 aliphatic rings. The summed E-state index contributed by atoms with van der Waals surface area (Å²) in [7, 11) is 0. The highest BCUT2D eigenvalue weighted by Crippen LogP contribution is 2.35. The number of aromatic nitrogens is 2. The maximum Gasteiger partial charge on any atom is 0.339 e. The highest BCUT2D eigenvalue weighted by molar-refractivity contribution is 7.15. The third-order valence-corrected chi connectivity index (χ3v) is 6.96. The van der Waals surface area contributed by atoms with E-state index in [4.69, 9.17) is 9.15 Å². The van der Waals surface area contributed by atoms with Crippen LogP contribution in [0.4, 0.5) is 5.13 Å². The second-order valence-electron chi connectivity index (χ2n) is 7.98. The first-order valence-corrected chi connectivity index (χ1v) is 11.3. The van der Waals surface area contributed by atoms with Gasteiger partial charge in [-0.3, -0.25) is 10.1 Å². The lowest BCUT2D eigenvalue weighted by Gasteiger charge is -2.18. The number of nitrogens with one attached hydrogen (secondary N) is 1. The molecule has 0 aliphatic heterocycles. The molecule has 7 nitrogen and oxygen atoms in total. The Morgan fingerprint density at radius 3 is 2.83 bits per heavy atom. The average molecular weight is 426 g/mol. The van der Waals surface area contributed by atoms with Gasteiger partial charge in [-0.15, -0.1) is 10.2 Å². The summed E-state index contributed by atoms with van der Waals surface area (Å²) >= 11 is 1.44. The molecule has 2 aromatic heterocycles. The molecular weight excluding hydrogens is 402 g/mol. The number of nitrogens with zero attached hydrogens (tertiary/aromatic N) is 2. The van der Waals surface area contributed by atoms with Crippen LogP contribution in [0, 0.1) is 0 Å². The molecule has 0 unspecified atom stereocenters. The van der Waals surface area contributed by atoms with Crippen LogP contribution in [0.5, 0.6) is 5.75 Å². The number of fused-ring (bicyclic) bond motifs is 3. The fraction of sp³-hybridized carbons (Fsp3) is 0.455. The van der Waals surface area contributed by atoms with Crippen LogP contribution in [-0.2, 0) is 17.6 Å². The average Bonchev–Trinajstić information content (AvgIpc) is 3.43. The van der Waals surface area contributed by atoms with Crippen molar-refractivity contribution in [1.82, 2.24) is 10.2 Å². The summed E-state index contributed by atoms with van der Waals surface area (Å²) in [5.74, 6) is 0.655. The van der Waals surface area contributed by atoms with Crippen molar-refractivity contribution in [3.05, 3.63) is 44.8 Å². The van der Waals surface area contributed by atoms with E-state index < -0.39 is 0 Å². The van der Waals surface area contributed by atoms with Gasteiger partial charge in [-0.25, -0.2) is 4.79 Å². The fourth-order valence-corrected chi connectivity index (χ4v) is 5.39. The zero-order valence-electron chi connectivity index (χ0n) is 16.6. The van der Waals surface area contributed by atoms with Crippen molar-refractivity contribution in [2.45, 2.75) is 57.3 Å². The largest absolute Gasteiger partial charge is 0.484 e. The summed E-state index contributed by atoms with van der Waals surface area (Å²) in [6.07, 6.45) is 8.69. The molecule has 156 valence electrons. The smallest absolute Gasteiger partial charge is 0.339 e. The fourth-order valence-electron chi connectivity index (χ4n) is 4.46. The topological polar surface area (TPSA) is 94.3 Å². The van der Waals surface area contributed by atoms with E-state index in [1.165, 1.54) is 30.6 Å². The van der Waals surface area contributed by atoms with Gasteiger partial charge in [0.2, 0.25) is 5.13 Å². The van der Waals surface area contributed by atoms with Crippen molar-refractivity contribution in [2.75, 3.05) is 11.9 Å². The summed E-state index contributed by atoms with van der Waals surface area (Å²) in [6, 6.07) is 5.38. The van der Waals surface area contributed by atoms with Gasteiger partial charge in [0.25, 0.3) is 5.91 Å². The van der Waals surface area contributed by atoms with E-state index in [-0.39, 0.29) is 18.1 Å². The lowest BCUT2D eigenvalue weighted by atomic mass is 9.90. The number of hydrogen-bond acceptors (Lipinski definition) is 7. The van der Waals surface area contributed by atoms with Gasteiger partial charge >= 0.3 is 5.63 Å². The number of ether oxygens (including phenoxy) is 1. The lowest BCUT2D eigenvalue weighted by Crippen LogP contribution is -2.20. The molecule has 5 rings (SSSR count). The molecule has 3 aromatic rings. The predicted molar refractivity (Wildman–Crippen MR) is 114 cm³/mol. The SMILES string of the molecule is O=C(COc1ccc2c3c(c(=O)oc2c1)CCC3)Nc1nnc(C2CCCCC2)s1. The van der Waals surface area contributed by atoms with Crippen molar-refractivity contribution in [2.24, 2.45) is 0 Å². The molecular formula is C22H23N3O4S. The van der Waals surface area contributed by atoms with Gasteiger partial charge in [0.1, 0.15) is 16.3 Å². The minimum Gasteiger partial charge on any atom is -0.484 e. The van der Waals surface area contributed by atoms with Gasteiger partial charge < -0.3 is 9.15 Å². The van der Waals surface area contributed by atoms with Crippen LogP contribution in [0.3, 0.4) is 0 Å². The molecule has 8 heteroatoms. The van der Waals surface area contributed by atoms with E-state index in [9.17, 15) is 9.59 Å². The number of carbonyl (C=O) groups is 1. The standard InChI is InChI=1S/C22H23N3O4S/c26-19(23-22-25-24-20(30-22)13-5-2-1-3-6-13)12-28-14-9-10-16-15-7-4-8-17(15)21(27)29-18(16)11-14/h9-11,13H,1-8,12H2,(H,23,25,26). The van der Waals surface area contributed by atoms with E-state index in [1.54, 1.807) is 12.1 Å². The Balaban J connectivity index is 1.22. The van der Waals surface area contributed by atoms with Crippen molar-refractivity contribution < 1.29 is 13.9 Å². The Bertz CT molecular complexity index is 1150. The van der Waals surface area contributed by atoms with Crippen LogP contribution >= 0.6 is 11.3 Å². The molecule has 0 spiro atoms. The van der Waals surface area contributed by atoms with Gasteiger partial charge in [0, 0.05) is 22.9 Å². The maximum atomic E-state index is 12.3. The number of amides is 1. The van der Waals surface area contributed by atoms with Gasteiger partial charge in [-0.1, -0.05) is 30.6 Å². The molecule has 1 N–H and O–H groups in total. The van der Waals surface area contributed by atoms with Crippen LogP contribution in [-0.4, -0.2) is 22.7 Å². The highest BCUT2D eigenvalue weighted by Gasteiger charge is 2.21. The zero-order chi connectivity index (χ0) is 20.5. The molecule has 1 aromatic carbocycles. The summed E-state index contributed by atoms with van der Waals surface area (Å²) < 4.78 is 11.1. The first-order chi connectivity index (χ1) is 14.7. The summed E-state index contributed by atoms with van der Waals surface area (Å²) in [4.78, 5) is 24.4. The van der Waals surface area contributed by atoms with E-state index in [0.717, 1.165) is 53.6 Å². The van der Waals surface area contributed by atoms with Gasteiger partial charge in [0.15, 0.2) is 6.61 Å². The number of aryl methyl sites for hydroxylation is 1. The first kappa shape index (κ1) is 19.2. The van der Waals surface area contributed by atoms with Crippen molar-refractivity contribution in [3.63, 3.8) is 0 Å². The number of rotatable bonds is 5. The second-order valence-corrected chi connectivity index (χ2v) is 8.98. The highest BCUT2D eigenvalue weighted by atomic mass is 32.1. The number of benzene rings is 1. The third-order valence-electron chi connectivity index (χ3n) is 5.96. The van der Waals surface area contributed by atoms with E-state index >= 15 is 0 Å². The van der Waals surface area contributed by atoms with Gasteiger partial charge in [-0.05, 0) is 49.8 Å². The Kier molecular flexibility index (Phi) is 5.25. The normalized spacial score (nSPS) is 16.5. The summed E-state index contributed by atoms with van der Waals surface area (Å²) in [5, 5.41) is 13.6. The molecule has 1 amide bonds. The van der Waals surface area contributed by atoms with Crippen LogP contribution in [0.25, 0.3) is 11.0 Å². The Labute approximate surface area is 177 Å². The minimum atomic E-state index is -0.295. The second kappa shape index (κ2) is 8.18. The molecule has 2 heterocycles. The van der Waals surface area contributed by atoms with Crippen molar-refractivity contribution in [1.29, 1.82) is 0 Å². The van der Waals surface area contributed by atoms with Crippen molar-refractivity contribution >= 4 is 33.3 Å². The molecule has 0 bridgehead atoms. The Hall–Kier alpha value is -2.74. The monoisotopic (exact) mass is 425 g/mol. The van der Waals surface area contributed by atoms with Gasteiger partial charge in [0.05, 0.1) is 0 Å². The zero-order valence-corrected chi connectivity index (χ0v) is 17.4. The van der Waals surface area contributed by atoms with Crippen LogP contribution in [0.1, 0.15) is 60.6 Å². The predicted octanol–water partition coefficient (Wildman–Crippen LogP) is 4.20. The van der Waals surface area contributed by atoms with Crippen molar-refractivity contribution in [3.8, 4) is 5.75 Å². The van der Waals surface area contributed by atoms with Crippen LogP contribution < -0.4 is 15.7 Å². The third kappa shape index (κ3) is 3.84. The molecule has 1 saturated carbocycles. The van der Waals surface area contributed by atoms with E-state index in [1.807, 2.05) is 6.07 Å². The van der Waals surface area contributed by atoms with Crippen LogP contribution in [0.15, 0.2) is 27.4 Å². The molecule has 2 aliphatic carbocycles. The molecule has 30 heavy (non-hydrogen) atoms. The number of hydrogen-bond donors (Lipinski definition) is 1. The maximum absolute atomic E-state index is 12.3. The quantitative estimate of drug-likeness (QED) is 0.616. The molecule has 1 fully saturated rings. The van der Waals surface area contributed by atoms with Gasteiger partial charge in [-0.2, -0.15) is 0 Å². The van der Waals surface area contributed by atoms with E-state index in [2.05, 4.69) is 15.5 Å². The van der Waals surface area contributed by atoms with E-state index in [0.29, 0.717) is 22.4 Å². The molecule has 0 radical (unpaired) electrons. The first-order valence-electron chi connectivity index (χ1n) is 10.5. The summed E-state index contributed by atoms with van der Waals surface area (Å²) in [6.45, 7) is -0.154. The minimum absolute atomic E-state index is 0.154. The number of carbonyl (C=O) groups excluding carboxylic acids is 1.